The lowest BCUT2D eigenvalue weighted by molar-refractivity contribution is -0.142. The summed E-state index contributed by atoms with van der Waals surface area (Å²) < 4.78 is 1.62. The maximum atomic E-state index is 10.9. The van der Waals surface area contributed by atoms with E-state index in [-0.39, 0.29) is 5.92 Å². The Morgan fingerprint density at radius 2 is 2.11 bits per heavy atom. The van der Waals surface area contributed by atoms with Gasteiger partial charge in [0, 0.05) is 13.1 Å². The monoisotopic (exact) mass is 247 g/mol. The van der Waals surface area contributed by atoms with Gasteiger partial charge >= 0.3 is 5.97 Å². The molecule has 0 amide bonds. The first kappa shape index (κ1) is 10.9. The van der Waals surface area contributed by atoms with E-state index in [9.17, 15) is 4.79 Å². The van der Waals surface area contributed by atoms with Crippen LogP contribution in [0, 0.1) is 5.92 Å². The molecule has 3 heterocycles. The predicted octanol–water partition coefficient (Wildman–Crippen LogP) is 0.425. The first-order chi connectivity index (χ1) is 8.74. The molecule has 1 aliphatic rings. The first-order valence-electron chi connectivity index (χ1n) is 5.89. The van der Waals surface area contributed by atoms with Crippen molar-refractivity contribution in [3.63, 3.8) is 0 Å². The minimum atomic E-state index is -0.697. The van der Waals surface area contributed by atoms with Crippen LogP contribution in [0.15, 0.2) is 18.5 Å². The number of carbonyl (C=O) groups is 1. The second-order valence-corrected chi connectivity index (χ2v) is 4.42. The van der Waals surface area contributed by atoms with Crippen LogP contribution in [0.3, 0.4) is 0 Å². The summed E-state index contributed by atoms with van der Waals surface area (Å²) in [7, 11) is 0. The molecule has 2 aromatic rings. The summed E-state index contributed by atoms with van der Waals surface area (Å²) in [5.41, 5.74) is 0.708. The van der Waals surface area contributed by atoms with Gasteiger partial charge in [-0.2, -0.15) is 4.52 Å². The molecular formula is C11H13N5O2. The summed E-state index contributed by atoms with van der Waals surface area (Å²) in [5, 5.41) is 21.0. The van der Waals surface area contributed by atoms with E-state index in [0.717, 1.165) is 18.9 Å². The van der Waals surface area contributed by atoms with Gasteiger partial charge < -0.3 is 10.0 Å². The number of hydrogen-bond donors (Lipinski definition) is 1. The van der Waals surface area contributed by atoms with Crippen molar-refractivity contribution in [3.8, 4) is 0 Å². The number of carboxylic acid groups (broad SMARTS) is 1. The van der Waals surface area contributed by atoms with Gasteiger partial charge in [-0.05, 0) is 25.0 Å². The molecule has 18 heavy (non-hydrogen) atoms. The third kappa shape index (κ3) is 1.87. The molecule has 7 nitrogen and oxygen atoms in total. The maximum absolute atomic E-state index is 10.9. The quantitative estimate of drug-likeness (QED) is 0.828. The molecule has 2 aromatic heterocycles. The largest absolute Gasteiger partial charge is 0.481 e. The standard InChI is InChI=1S/C11H13N5O2/c17-11(18)8-3-5-15(6-4-8)10-2-1-9-13-12-7-16(9)14-10/h1-2,7-8H,3-6H2,(H,17,18). The van der Waals surface area contributed by atoms with Crippen LogP contribution in [-0.4, -0.2) is 44.0 Å². The molecule has 94 valence electrons. The highest BCUT2D eigenvalue weighted by molar-refractivity contribution is 5.70. The summed E-state index contributed by atoms with van der Waals surface area (Å²) in [5.74, 6) is -0.0806. The van der Waals surface area contributed by atoms with Gasteiger partial charge in [-0.15, -0.1) is 15.3 Å². The Hall–Kier alpha value is -2.18. The van der Waals surface area contributed by atoms with Gasteiger partial charge in [0.1, 0.15) is 12.1 Å². The molecule has 3 rings (SSSR count). The van der Waals surface area contributed by atoms with Crippen molar-refractivity contribution in [1.82, 2.24) is 19.8 Å². The predicted molar refractivity (Wildman–Crippen MR) is 63.4 cm³/mol. The van der Waals surface area contributed by atoms with Crippen molar-refractivity contribution >= 4 is 17.4 Å². The van der Waals surface area contributed by atoms with Crippen LogP contribution in [0.1, 0.15) is 12.8 Å². The summed E-state index contributed by atoms with van der Waals surface area (Å²) in [6, 6.07) is 3.75. The number of nitrogens with zero attached hydrogens (tertiary/aromatic N) is 5. The molecule has 0 aromatic carbocycles. The number of fused-ring (bicyclic) bond motifs is 1. The van der Waals surface area contributed by atoms with Gasteiger partial charge in [0.2, 0.25) is 0 Å². The minimum absolute atomic E-state index is 0.222. The Morgan fingerprint density at radius 3 is 2.83 bits per heavy atom. The van der Waals surface area contributed by atoms with Crippen LogP contribution in [-0.2, 0) is 4.79 Å². The van der Waals surface area contributed by atoms with E-state index < -0.39 is 5.97 Å². The number of piperidine rings is 1. The molecule has 0 radical (unpaired) electrons. The fourth-order valence-electron chi connectivity index (χ4n) is 2.24. The molecule has 7 heteroatoms. The Bertz CT molecular complexity index is 574. The van der Waals surface area contributed by atoms with E-state index in [1.807, 2.05) is 12.1 Å². The SMILES string of the molecule is O=C(O)C1CCN(c2ccc3nncn3n2)CC1. The van der Waals surface area contributed by atoms with E-state index >= 15 is 0 Å². The summed E-state index contributed by atoms with van der Waals surface area (Å²) in [6.07, 6.45) is 2.89. The van der Waals surface area contributed by atoms with Crippen molar-refractivity contribution in [2.24, 2.45) is 5.92 Å². The van der Waals surface area contributed by atoms with Crippen molar-refractivity contribution < 1.29 is 9.90 Å². The van der Waals surface area contributed by atoms with E-state index in [1.54, 1.807) is 10.8 Å². The number of anilines is 1. The highest BCUT2D eigenvalue weighted by Gasteiger charge is 2.25. The lowest BCUT2D eigenvalue weighted by Crippen LogP contribution is -2.36. The zero-order valence-electron chi connectivity index (χ0n) is 9.73. The first-order valence-corrected chi connectivity index (χ1v) is 5.89. The van der Waals surface area contributed by atoms with E-state index in [4.69, 9.17) is 5.11 Å². The Labute approximate surface area is 103 Å². The number of rotatable bonds is 2. The van der Waals surface area contributed by atoms with Crippen molar-refractivity contribution in [3.05, 3.63) is 18.5 Å². The number of hydrogen-bond acceptors (Lipinski definition) is 5. The summed E-state index contributed by atoms with van der Waals surface area (Å²) in [6.45, 7) is 1.44. The van der Waals surface area contributed by atoms with E-state index in [0.29, 0.717) is 18.5 Å². The van der Waals surface area contributed by atoms with Gasteiger partial charge in [0.25, 0.3) is 0 Å². The molecule has 0 unspecified atom stereocenters. The fraction of sp³-hybridized carbons (Fsp3) is 0.455. The fourth-order valence-corrected chi connectivity index (χ4v) is 2.24. The van der Waals surface area contributed by atoms with Gasteiger partial charge in [-0.3, -0.25) is 4.79 Å². The molecular weight excluding hydrogens is 234 g/mol. The van der Waals surface area contributed by atoms with Gasteiger partial charge in [0.15, 0.2) is 5.65 Å². The third-order valence-electron chi connectivity index (χ3n) is 3.32. The summed E-state index contributed by atoms with van der Waals surface area (Å²) >= 11 is 0. The van der Waals surface area contributed by atoms with Crippen LogP contribution in [0.4, 0.5) is 5.82 Å². The zero-order valence-corrected chi connectivity index (χ0v) is 9.73. The van der Waals surface area contributed by atoms with Crippen LogP contribution in [0.2, 0.25) is 0 Å². The van der Waals surface area contributed by atoms with Crippen molar-refractivity contribution in [1.29, 1.82) is 0 Å². The summed E-state index contributed by atoms with van der Waals surface area (Å²) in [4.78, 5) is 13.0. The average Bonchev–Trinajstić information content (AvgIpc) is 2.86. The normalized spacial score (nSPS) is 17.2. The highest BCUT2D eigenvalue weighted by atomic mass is 16.4. The molecule has 0 atom stereocenters. The molecule has 0 bridgehead atoms. The van der Waals surface area contributed by atoms with Crippen LogP contribution < -0.4 is 4.90 Å². The molecule has 1 N–H and O–H groups in total. The molecule has 0 aliphatic carbocycles. The van der Waals surface area contributed by atoms with Crippen molar-refractivity contribution in [2.75, 3.05) is 18.0 Å². The van der Waals surface area contributed by atoms with Crippen molar-refractivity contribution in [2.45, 2.75) is 12.8 Å². The van der Waals surface area contributed by atoms with Crippen LogP contribution in [0.5, 0.6) is 0 Å². The van der Waals surface area contributed by atoms with Gasteiger partial charge in [-0.1, -0.05) is 0 Å². The third-order valence-corrected chi connectivity index (χ3v) is 3.32. The highest BCUT2D eigenvalue weighted by Crippen LogP contribution is 2.21. The average molecular weight is 247 g/mol. The topological polar surface area (TPSA) is 83.6 Å². The Morgan fingerprint density at radius 1 is 1.33 bits per heavy atom. The van der Waals surface area contributed by atoms with E-state index in [1.165, 1.54) is 0 Å². The molecule has 1 saturated heterocycles. The van der Waals surface area contributed by atoms with Crippen LogP contribution >= 0.6 is 0 Å². The molecule has 0 spiro atoms. The molecule has 0 saturated carbocycles. The lowest BCUT2D eigenvalue weighted by atomic mass is 9.97. The zero-order chi connectivity index (χ0) is 12.5. The lowest BCUT2D eigenvalue weighted by Gasteiger charge is -2.30. The second kappa shape index (κ2) is 4.25. The van der Waals surface area contributed by atoms with Gasteiger partial charge in [-0.25, -0.2) is 0 Å². The Kier molecular flexibility index (Phi) is 2.58. The second-order valence-electron chi connectivity index (χ2n) is 4.42. The minimum Gasteiger partial charge on any atom is -0.481 e. The van der Waals surface area contributed by atoms with E-state index in [2.05, 4.69) is 20.2 Å². The molecule has 1 aliphatic heterocycles. The number of aliphatic carboxylic acids is 1. The van der Waals surface area contributed by atoms with Gasteiger partial charge in [0.05, 0.1) is 5.92 Å². The number of carboxylic acids is 1. The Balaban J connectivity index is 1.77. The smallest absolute Gasteiger partial charge is 0.306 e. The van der Waals surface area contributed by atoms with Crippen LogP contribution in [0.25, 0.3) is 5.65 Å². The molecule has 1 fully saturated rings. The number of aromatic nitrogens is 4. The maximum Gasteiger partial charge on any atom is 0.306 e.